The molecule has 0 unspecified atom stereocenters. The van der Waals surface area contributed by atoms with Gasteiger partial charge in [-0.15, -0.1) is 0 Å². The molecule has 0 amide bonds. The number of nitrogens with two attached hydrogens (primary N) is 1. The molecule has 0 saturated carbocycles. The van der Waals surface area contributed by atoms with Gasteiger partial charge < -0.3 is 15.7 Å². The second-order valence-electron chi connectivity index (χ2n) is 2.50. The second kappa shape index (κ2) is 2.10. The maximum Gasteiger partial charge on any atom is 0.323 e. The Balaban J connectivity index is 2.97. The van der Waals surface area contributed by atoms with Crippen molar-refractivity contribution in [2.75, 3.05) is 5.73 Å². The molecule has 0 spiro atoms. The number of hydrogen-bond donors (Lipinski definition) is 3. The van der Waals surface area contributed by atoms with E-state index >= 15 is 0 Å². The van der Waals surface area contributed by atoms with Crippen LogP contribution in [0.15, 0.2) is 16.9 Å². The topological polar surface area (TPSA) is 74.7 Å². The van der Waals surface area contributed by atoms with Gasteiger partial charge in [-0.05, 0) is 12.1 Å². The van der Waals surface area contributed by atoms with Crippen molar-refractivity contribution >= 4 is 16.7 Å². The molecular weight excluding hydrogens is 161 g/mol. The Labute approximate surface area is 66.2 Å². The fourth-order valence-corrected chi connectivity index (χ4v) is 1.13. The Morgan fingerprint density at radius 3 is 2.83 bits per heavy atom. The first-order valence-electron chi connectivity index (χ1n) is 3.34. The highest BCUT2D eigenvalue weighted by molar-refractivity contribution is 5.86. The van der Waals surface area contributed by atoms with E-state index in [2.05, 4.69) is 9.97 Å². The van der Waals surface area contributed by atoms with Crippen molar-refractivity contribution in [3.8, 4) is 0 Å². The molecule has 0 aliphatic heterocycles. The maximum atomic E-state index is 12.7. The molecule has 4 nitrogen and oxygen atoms in total. The van der Waals surface area contributed by atoms with Crippen LogP contribution in [0.25, 0.3) is 11.0 Å². The summed E-state index contributed by atoms with van der Waals surface area (Å²) in [6.45, 7) is 0. The average Bonchev–Trinajstić information content (AvgIpc) is 2.29. The lowest BCUT2D eigenvalue weighted by molar-refractivity contribution is 0.630. The number of nitrogen functional groups attached to an aromatic ring is 1. The normalized spacial score (nSPS) is 10.8. The molecular formula is C7H6FN3O. The molecule has 0 atom stereocenters. The van der Waals surface area contributed by atoms with Crippen molar-refractivity contribution in [3.05, 3.63) is 28.4 Å². The fraction of sp³-hybridized carbons (Fsp3) is 0. The van der Waals surface area contributed by atoms with E-state index in [0.29, 0.717) is 11.0 Å². The molecule has 1 aromatic carbocycles. The molecule has 2 rings (SSSR count). The third kappa shape index (κ3) is 0.868. The van der Waals surface area contributed by atoms with Gasteiger partial charge in [-0.25, -0.2) is 9.18 Å². The van der Waals surface area contributed by atoms with E-state index in [0.717, 1.165) is 6.07 Å². The predicted molar refractivity (Wildman–Crippen MR) is 43.3 cm³/mol. The first kappa shape index (κ1) is 6.90. The van der Waals surface area contributed by atoms with E-state index in [4.69, 9.17) is 5.73 Å². The summed E-state index contributed by atoms with van der Waals surface area (Å²) in [5, 5.41) is 0. The number of benzene rings is 1. The van der Waals surface area contributed by atoms with Crippen molar-refractivity contribution < 1.29 is 4.39 Å². The highest BCUT2D eigenvalue weighted by atomic mass is 19.1. The number of rotatable bonds is 0. The summed E-state index contributed by atoms with van der Waals surface area (Å²) in [7, 11) is 0. The van der Waals surface area contributed by atoms with Gasteiger partial charge in [0.2, 0.25) is 0 Å². The lowest BCUT2D eigenvalue weighted by Crippen LogP contribution is -1.99. The van der Waals surface area contributed by atoms with Crippen molar-refractivity contribution in [3.63, 3.8) is 0 Å². The minimum absolute atomic E-state index is 0.225. The van der Waals surface area contributed by atoms with Crippen LogP contribution in [0.2, 0.25) is 0 Å². The van der Waals surface area contributed by atoms with E-state index in [1.807, 2.05) is 0 Å². The summed E-state index contributed by atoms with van der Waals surface area (Å²) >= 11 is 0. The monoisotopic (exact) mass is 167 g/mol. The molecule has 0 aliphatic carbocycles. The van der Waals surface area contributed by atoms with Crippen LogP contribution in [0.3, 0.4) is 0 Å². The van der Waals surface area contributed by atoms with Crippen molar-refractivity contribution in [1.82, 2.24) is 9.97 Å². The van der Waals surface area contributed by atoms with Gasteiger partial charge in [0.1, 0.15) is 5.82 Å². The van der Waals surface area contributed by atoms with Crippen LogP contribution in [0, 0.1) is 5.82 Å². The largest absolute Gasteiger partial charge is 0.397 e. The molecule has 0 saturated heterocycles. The zero-order valence-corrected chi connectivity index (χ0v) is 6.02. The van der Waals surface area contributed by atoms with Gasteiger partial charge in [0.25, 0.3) is 0 Å². The molecule has 62 valence electrons. The first-order chi connectivity index (χ1) is 5.66. The van der Waals surface area contributed by atoms with E-state index in [-0.39, 0.29) is 11.4 Å². The van der Waals surface area contributed by atoms with E-state index in [9.17, 15) is 9.18 Å². The van der Waals surface area contributed by atoms with Crippen LogP contribution >= 0.6 is 0 Å². The number of H-pyrrole nitrogens is 2. The zero-order valence-electron chi connectivity index (χ0n) is 6.02. The van der Waals surface area contributed by atoms with Crippen LogP contribution in [-0.2, 0) is 0 Å². The smallest absolute Gasteiger partial charge is 0.323 e. The standard InChI is InChI=1S/C7H6FN3O/c8-3-1-4(9)6-5(2-3)10-7(12)11-6/h1-2H,9H2,(H2,10,11,12). The summed E-state index contributed by atoms with van der Waals surface area (Å²) < 4.78 is 12.7. The molecule has 4 N–H and O–H groups in total. The zero-order chi connectivity index (χ0) is 8.72. The van der Waals surface area contributed by atoms with Gasteiger partial charge in [0.05, 0.1) is 16.7 Å². The Bertz CT molecular complexity index is 485. The third-order valence-corrected chi connectivity index (χ3v) is 1.62. The lowest BCUT2D eigenvalue weighted by Gasteiger charge is -1.94. The minimum atomic E-state index is -0.463. The average molecular weight is 167 g/mol. The quantitative estimate of drug-likeness (QED) is 0.502. The molecule has 0 radical (unpaired) electrons. The number of imidazole rings is 1. The second-order valence-corrected chi connectivity index (χ2v) is 2.50. The number of aromatic amines is 2. The molecule has 12 heavy (non-hydrogen) atoms. The van der Waals surface area contributed by atoms with Crippen LogP contribution < -0.4 is 11.4 Å². The van der Waals surface area contributed by atoms with Gasteiger partial charge in [-0.3, -0.25) is 0 Å². The number of hydrogen-bond acceptors (Lipinski definition) is 2. The molecule has 1 heterocycles. The van der Waals surface area contributed by atoms with Crippen LogP contribution in [0.5, 0.6) is 0 Å². The Hall–Kier alpha value is -1.78. The molecule has 2 aromatic rings. The van der Waals surface area contributed by atoms with E-state index in [1.165, 1.54) is 6.07 Å². The van der Waals surface area contributed by atoms with Crippen LogP contribution in [0.4, 0.5) is 10.1 Å². The summed E-state index contributed by atoms with van der Waals surface area (Å²) in [5.41, 5.74) is 6.11. The molecule has 1 aromatic heterocycles. The molecule has 0 fully saturated rings. The highest BCUT2D eigenvalue weighted by Gasteiger charge is 2.03. The fourth-order valence-electron chi connectivity index (χ4n) is 1.13. The van der Waals surface area contributed by atoms with Crippen molar-refractivity contribution in [1.29, 1.82) is 0 Å². The van der Waals surface area contributed by atoms with Gasteiger partial charge in [-0.2, -0.15) is 0 Å². The number of fused-ring (bicyclic) bond motifs is 1. The van der Waals surface area contributed by atoms with Crippen LogP contribution in [-0.4, -0.2) is 9.97 Å². The number of nitrogens with one attached hydrogen (secondary N) is 2. The Morgan fingerprint density at radius 1 is 1.33 bits per heavy atom. The molecule has 0 bridgehead atoms. The van der Waals surface area contributed by atoms with Gasteiger partial charge >= 0.3 is 5.69 Å². The Morgan fingerprint density at radius 2 is 2.08 bits per heavy atom. The summed E-state index contributed by atoms with van der Waals surface area (Å²) in [4.78, 5) is 15.6. The van der Waals surface area contributed by atoms with Gasteiger partial charge in [-0.1, -0.05) is 0 Å². The lowest BCUT2D eigenvalue weighted by atomic mass is 10.2. The first-order valence-corrected chi connectivity index (χ1v) is 3.34. The predicted octanol–water partition coefficient (Wildman–Crippen LogP) is 0.578. The van der Waals surface area contributed by atoms with Gasteiger partial charge in [0, 0.05) is 0 Å². The third-order valence-electron chi connectivity index (χ3n) is 1.62. The maximum absolute atomic E-state index is 12.7. The van der Waals surface area contributed by atoms with Crippen molar-refractivity contribution in [2.45, 2.75) is 0 Å². The minimum Gasteiger partial charge on any atom is -0.397 e. The van der Waals surface area contributed by atoms with Crippen molar-refractivity contribution in [2.24, 2.45) is 0 Å². The molecule has 0 aliphatic rings. The SMILES string of the molecule is Nc1cc(F)cc2[nH]c(=O)[nH]c12. The molecule has 5 heteroatoms. The number of aromatic nitrogens is 2. The summed E-state index contributed by atoms with van der Waals surface area (Å²) in [5.74, 6) is -0.463. The Kier molecular flexibility index (Phi) is 1.21. The number of halogens is 1. The highest BCUT2D eigenvalue weighted by Crippen LogP contribution is 2.16. The van der Waals surface area contributed by atoms with Crippen LogP contribution in [0.1, 0.15) is 0 Å². The number of anilines is 1. The van der Waals surface area contributed by atoms with Gasteiger partial charge in [0.15, 0.2) is 0 Å². The summed E-state index contributed by atoms with van der Waals surface area (Å²) in [6.07, 6.45) is 0. The van der Waals surface area contributed by atoms with E-state index in [1.54, 1.807) is 0 Å². The van der Waals surface area contributed by atoms with E-state index < -0.39 is 5.82 Å². The summed E-state index contributed by atoms with van der Waals surface area (Å²) in [6, 6.07) is 2.37.